The number of halogens is 1. The molecule has 3 rings (SSSR count). The molecule has 0 atom stereocenters. The van der Waals surface area contributed by atoms with Gasteiger partial charge in [-0.2, -0.15) is 0 Å². The largest absolute Gasteiger partial charge is 0.353 e. The van der Waals surface area contributed by atoms with E-state index >= 15 is 0 Å². The molecule has 0 bridgehead atoms. The fraction of sp³-hybridized carbons (Fsp3) is 0. The van der Waals surface area contributed by atoms with Crippen molar-refractivity contribution in [2.45, 2.75) is 0 Å². The zero-order valence-corrected chi connectivity index (χ0v) is 11.6. The molecule has 3 aromatic rings. The van der Waals surface area contributed by atoms with Crippen LogP contribution >= 0.6 is 22.6 Å². The lowest BCUT2D eigenvalue weighted by molar-refractivity contribution is 1.35. The minimum absolute atomic E-state index is 0.0869. The number of nitrogens with one attached hydrogen (secondary N) is 1. The number of aromatic nitrogens is 1. The molecule has 3 heteroatoms. The zero-order chi connectivity index (χ0) is 12.5. The topological polar surface area (TPSA) is 32.9 Å². The van der Waals surface area contributed by atoms with E-state index in [1.165, 1.54) is 0 Å². The molecule has 0 saturated carbocycles. The summed E-state index contributed by atoms with van der Waals surface area (Å²) in [4.78, 5) is 15.6. The monoisotopic (exact) mass is 347 g/mol. The Kier molecular flexibility index (Phi) is 2.91. The van der Waals surface area contributed by atoms with E-state index in [0.717, 1.165) is 25.7 Å². The highest BCUT2D eigenvalue weighted by Gasteiger charge is 2.10. The van der Waals surface area contributed by atoms with Crippen molar-refractivity contribution in [2.24, 2.45) is 0 Å². The fourth-order valence-corrected chi connectivity index (χ4v) is 2.75. The lowest BCUT2D eigenvalue weighted by Gasteiger charge is -2.07. The van der Waals surface area contributed by atoms with Gasteiger partial charge in [0.2, 0.25) is 5.43 Å². The maximum absolute atomic E-state index is 12.3. The summed E-state index contributed by atoms with van der Waals surface area (Å²) in [5, 5.41) is 0.738. The van der Waals surface area contributed by atoms with Crippen molar-refractivity contribution in [2.75, 3.05) is 0 Å². The first-order valence-electron chi connectivity index (χ1n) is 5.63. The van der Waals surface area contributed by atoms with E-state index in [9.17, 15) is 4.79 Å². The summed E-state index contributed by atoms with van der Waals surface area (Å²) < 4.78 is 0.734. The van der Waals surface area contributed by atoms with E-state index in [4.69, 9.17) is 0 Å². The van der Waals surface area contributed by atoms with Crippen LogP contribution in [0.2, 0.25) is 0 Å². The third-order valence-electron chi connectivity index (χ3n) is 2.91. The highest BCUT2D eigenvalue weighted by molar-refractivity contribution is 14.1. The van der Waals surface area contributed by atoms with Crippen molar-refractivity contribution >= 4 is 33.5 Å². The van der Waals surface area contributed by atoms with Crippen LogP contribution in [0, 0.1) is 3.57 Å². The van der Waals surface area contributed by atoms with Gasteiger partial charge < -0.3 is 4.98 Å². The second kappa shape index (κ2) is 4.57. The normalized spacial score (nSPS) is 10.7. The number of aromatic amines is 1. The minimum Gasteiger partial charge on any atom is -0.353 e. The summed E-state index contributed by atoms with van der Waals surface area (Å²) >= 11 is 2.11. The standard InChI is InChI=1S/C15H10INO/c16-13-14(10-6-2-1-3-7-10)17-12-9-5-4-8-11(12)15(13)18/h1-9H,(H,17,18). The van der Waals surface area contributed by atoms with Gasteiger partial charge in [0.25, 0.3) is 0 Å². The van der Waals surface area contributed by atoms with E-state index in [0.29, 0.717) is 0 Å². The highest BCUT2D eigenvalue weighted by Crippen LogP contribution is 2.23. The number of hydrogen-bond donors (Lipinski definition) is 1. The molecule has 18 heavy (non-hydrogen) atoms. The van der Waals surface area contributed by atoms with Crippen LogP contribution in [-0.2, 0) is 0 Å². The summed E-state index contributed by atoms with van der Waals surface area (Å²) in [6.45, 7) is 0. The van der Waals surface area contributed by atoms with E-state index in [1.807, 2.05) is 54.6 Å². The average molecular weight is 347 g/mol. The van der Waals surface area contributed by atoms with Crippen LogP contribution in [0.25, 0.3) is 22.2 Å². The van der Waals surface area contributed by atoms with Gasteiger partial charge in [-0.05, 0) is 40.3 Å². The van der Waals surface area contributed by atoms with E-state index in [2.05, 4.69) is 27.6 Å². The Morgan fingerprint density at radius 1 is 0.889 bits per heavy atom. The molecule has 2 aromatic carbocycles. The van der Waals surface area contributed by atoms with Gasteiger partial charge in [-0.3, -0.25) is 4.79 Å². The van der Waals surface area contributed by atoms with Crippen LogP contribution in [0.1, 0.15) is 0 Å². The molecule has 0 aliphatic carbocycles. The van der Waals surface area contributed by atoms with Crippen LogP contribution in [0.5, 0.6) is 0 Å². The molecular formula is C15H10INO. The SMILES string of the molecule is O=c1c(I)c(-c2ccccc2)[nH]c2ccccc12. The number of pyridine rings is 1. The summed E-state index contributed by atoms with van der Waals surface area (Å²) in [6, 6.07) is 17.5. The van der Waals surface area contributed by atoms with Crippen molar-refractivity contribution in [3.8, 4) is 11.3 Å². The minimum atomic E-state index is 0.0869. The molecule has 1 N–H and O–H groups in total. The molecule has 0 fully saturated rings. The Morgan fingerprint density at radius 2 is 1.56 bits per heavy atom. The molecule has 0 aliphatic heterocycles. The molecule has 0 unspecified atom stereocenters. The molecule has 0 amide bonds. The highest BCUT2D eigenvalue weighted by atomic mass is 127. The average Bonchev–Trinajstić information content (AvgIpc) is 2.44. The van der Waals surface area contributed by atoms with Crippen molar-refractivity contribution in [3.63, 3.8) is 0 Å². The maximum Gasteiger partial charge on any atom is 0.203 e. The number of benzene rings is 2. The number of fused-ring (bicyclic) bond motifs is 1. The second-order valence-corrected chi connectivity index (χ2v) is 5.13. The first-order chi connectivity index (χ1) is 8.77. The van der Waals surface area contributed by atoms with Gasteiger partial charge in [-0.25, -0.2) is 0 Å². The molecular weight excluding hydrogens is 337 g/mol. The molecule has 88 valence electrons. The fourth-order valence-electron chi connectivity index (χ4n) is 2.02. The molecule has 2 nitrogen and oxygen atoms in total. The van der Waals surface area contributed by atoms with Crippen molar-refractivity contribution in [1.29, 1.82) is 0 Å². The van der Waals surface area contributed by atoms with Crippen LogP contribution in [-0.4, -0.2) is 4.98 Å². The molecule has 1 aromatic heterocycles. The van der Waals surface area contributed by atoms with Gasteiger partial charge in [-0.1, -0.05) is 42.5 Å². The molecule has 0 spiro atoms. The van der Waals surface area contributed by atoms with E-state index in [1.54, 1.807) is 0 Å². The van der Waals surface area contributed by atoms with E-state index < -0.39 is 0 Å². The first-order valence-corrected chi connectivity index (χ1v) is 6.71. The Balaban J connectivity index is 2.38. The van der Waals surface area contributed by atoms with Crippen LogP contribution < -0.4 is 5.43 Å². The van der Waals surface area contributed by atoms with Crippen LogP contribution in [0.15, 0.2) is 59.4 Å². The molecule has 0 aliphatic rings. The van der Waals surface area contributed by atoms with Crippen molar-refractivity contribution < 1.29 is 0 Å². The summed E-state index contributed by atoms with van der Waals surface area (Å²) in [7, 11) is 0. The third-order valence-corrected chi connectivity index (χ3v) is 3.94. The van der Waals surface area contributed by atoms with Gasteiger partial charge in [-0.15, -0.1) is 0 Å². The predicted molar refractivity (Wildman–Crippen MR) is 82.7 cm³/mol. The maximum atomic E-state index is 12.3. The van der Waals surface area contributed by atoms with Crippen molar-refractivity contribution in [1.82, 2.24) is 4.98 Å². The Morgan fingerprint density at radius 3 is 2.33 bits per heavy atom. The predicted octanol–water partition coefficient (Wildman–Crippen LogP) is 3.80. The Hall–Kier alpha value is -1.62. The van der Waals surface area contributed by atoms with Gasteiger partial charge in [0.15, 0.2) is 0 Å². The number of H-pyrrole nitrogens is 1. The lowest BCUT2D eigenvalue weighted by Crippen LogP contribution is -2.09. The van der Waals surface area contributed by atoms with Gasteiger partial charge in [0.05, 0.1) is 9.26 Å². The zero-order valence-electron chi connectivity index (χ0n) is 9.48. The van der Waals surface area contributed by atoms with Gasteiger partial charge in [0.1, 0.15) is 0 Å². The van der Waals surface area contributed by atoms with Crippen molar-refractivity contribution in [3.05, 3.63) is 68.4 Å². The summed E-state index contributed by atoms with van der Waals surface area (Å²) in [5.41, 5.74) is 2.88. The molecule has 0 saturated heterocycles. The van der Waals surface area contributed by atoms with Gasteiger partial charge >= 0.3 is 0 Å². The number of hydrogen-bond acceptors (Lipinski definition) is 1. The van der Waals surface area contributed by atoms with Crippen LogP contribution in [0.3, 0.4) is 0 Å². The smallest absolute Gasteiger partial charge is 0.203 e. The Labute approximate surface area is 118 Å². The first kappa shape index (κ1) is 11.5. The van der Waals surface area contributed by atoms with Crippen LogP contribution in [0.4, 0.5) is 0 Å². The molecule has 1 heterocycles. The van der Waals surface area contributed by atoms with E-state index in [-0.39, 0.29) is 5.43 Å². The number of rotatable bonds is 1. The number of para-hydroxylation sites is 1. The Bertz CT molecular complexity index is 762. The summed E-state index contributed by atoms with van der Waals surface area (Å²) in [5.74, 6) is 0. The molecule has 0 radical (unpaired) electrons. The van der Waals surface area contributed by atoms with Gasteiger partial charge in [0, 0.05) is 10.9 Å². The second-order valence-electron chi connectivity index (χ2n) is 4.05. The lowest BCUT2D eigenvalue weighted by atomic mass is 10.1. The quantitative estimate of drug-likeness (QED) is 0.668. The summed E-state index contributed by atoms with van der Waals surface area (Å²) in [6.07, 6.45) is 0. The third kappa shape index (κ3) is 1.84.